The normalized spacial score (nSPS) is 22.5. The highest BCUT2D eigenvalue weighted by Gasteiger charge is 2.52. The summed E-state index contributed by atoms with van der Waals surface area (Å²) in [6.45, 7) is 8.09. The smallest absolute Gasteiger partial charge is 0.495 e. The summed E-state index contributed by atoms with van der Waals surface area (Å²) in [5.41, 5.74) is 1.76. The van der Waals surface area contributed by atoms with Crippen molar-refractivity contribution in [2.45, 2.75) is 57.7 Å². The van der Waals surface area contributed by atoms with E-state index in [1.54, 1.807) is 7.11 Å². The summed E-state index contributed by atoms with van der Waals surface area (Å²) in [5.74, 6) is 1.23. The predicted octanol–water partition coefficient (Wildman–Crippen LogP) is 2.74. The number of rotatable bonds is 3. The number of hydrogen-bond donors (Lipinski definition) is 0. The number of nitriles is 1. The zero-order valence-electron chi connectivity index (χ0n) is 13.9. The second kappa shape index (κ2) is 5.01. The third kappa shape index (κ3) is 2.41. The fourth-order valence-electron chi connectivity index (χ4n) is 2.82. The van der Waals surface area contributed by atoms with E-state index in [0.717, 1.165) is 29.6 Å². The average Bonchev–Trinajstić information content (AvgIpc) is 3.25. The van der Waals surface area contributed by atoms with Gasteiger partial charge < -0.3 is 14.0 Å². The average molecular weight is 299 g/mol. The van der Waals surface area contributed by atoms with Crippen molar-refractivity contribution < 1.29 is 14.0 Å². The van der Waals surface area contributed by atoms with Crippen LogP contribution < -0.4 is 10.2 Å². The van der Waals surface area contributed by atoms with Crippen LogP contribution in [0.25, 0.3) is 0 Å². The molecule has 0 unspecified atom stereocenters. The molecule has 4 nitrogen and oxygen atoms in total. The molecule has 0 radical (unpaired) electrons. The molecular weight excluding hydrogens is 277 g/mol. The quantitative estimate of drug-likeness (QED) is 0.805. The molecule has 0 atom stereocenters. The van der Waals surface area contributed by atoms with Gasteiger partial charge in [0.1, 0.15) is 5.75 Å². The Hall–Kier alpha value is -1.51. The van der Waals surface area contributed by atoms with Gasteiger partial charge in [-0.05, 0) is 64.1 Å². The molecule has 0 amide bonds. The Balaban J connectivity index is 2.01. The first kappa shape index (κ1) is 15.4. The minimum Gasteiger partial charge on any atom is -0.496 e. The van der Waals surface area contributed by atoms with Gasteiger partial charge in [-0.25, -0.2) is 0 Å². The maximum atomic E-state index is 9.50. The van der Waals surface area contributed by atoms with E-state index in [9.17, 15) is 5.26 Å². The van der Waals surface area contributed by atoms with Crippen LogP contribution in [0.3, 0.4) is 0 Å². The van der Waals surface area contributed by atoms with Gasteiger partial charge in [0.2, 0.25) is 0 Å². The molecule has 1 aromatic rings. The predicted molar refractivity (Wildman–Crippen MR) is 85.4 cm³/mol. The number of nitrogens with zero attached hydrogens (tertiary/aromatic N) is 1. The fourth-order valence-corrected chi connectivity index (χ4v) is 2.82. The van der Waals surface area contributed by atoms with Crippen molar-refractivity contribution in [1.82, 2.24) is 0 Å². The van der Waals surface area contributed by atoms with Crippen molar-refractivity contribution in [3.63, 3.8) is 0 Å². The van der Waals surface area contributed by atoms with Crippen molar-refractivity contribution in [2.75, 3.05) is 7.11 Å². The number of methoxy groups -OCH3 is 1. The van der Waals surface area contributed by atoms with Crippen molar-refractivity contribution in [3.05, 3.63) is 23.3 Å². The first-order valence-corrected chi connectivity index (χ1v) is 7.76. The molecule has 116 valence electrons. The summed E-state index contributed by atoms with van der Waals surface area (Å²) < 4.78 is 17.7. The number of benzene rings is 1. The molecule has 0 bridgehead atoms. The molecule has 0 spiro atoms. The Labute approximate surface area is 132 Å². The highest BCUT2D eigenvalue weighted by atomic mass is 16.7. The van der Waals surface area contributed by atoms with Gasteiger partial charge >= 0.3 is 7.12 Å². The SMILES string of the molecule is COc1cc(B2OC(C)(C)C(C)(C)O2)cc(C#N)c1C1CC1. The Morgan fingerprint density at radius 1 is 1.18 bits per heavy atom. The Morgan fingerprint density at radius 2 is 1.77 bits per heavy atom. The van der Waals surface area contributed by atoms with Crippen molar-refractivity contribution in [2.24, 2.45) is 0 Å². The molecular formula is C17H22BNO3. The monoisotopic (exact) mass is 299 g/mol. The van der Waals surface area contributed by atoms with Gasteiger partial charge in [0.25, 0.3) is 0 Å². The van der Waals surface area contributed by atoms with E-state index in [4.69, 9.17) is 14.0 Å². The number of ether oxygens (including phenoxy) is 1. The zero-order valence-corrected chi connectivity index (χ0v) is 13.9. The third-order valence-electron chi connectivity index (χ3n) is 5.02. The Bertz CT molecular complexity index is 628. The van der Waals surface area contributed by atoms with Crippen LogP contribution in [0.15, 0.2) is 12.1 Å². The molecule has 3 rings (SSSR count). The van der Waals surface area contributed by atoms with Crippen LogP contribution in [0, 0.1) is 11.3 Å². The molecule has 22 heavy (non-hydrogen) atoms. The van der Waals surface area contributed by atoms with Crippen LogP contribution in [0.1, 0.15) is 57.6 Å². The molecule has 2 aliphatic rings. The minimum absolute atomic E-state index is 0.396. The molecule has 0 N–H and O–H groups in total. The van der Waals surface area contributed by atoms with Crippen LogP contribution in [0.2, 0.25) is 0 Å². The van der Waals surface area contributed by atoms with E-state index in [1.165, 1.54) is 0 Å². The van der Waals surface area contributed by atoms with E-state index >= 15 is 0 Å². The highest BCUT2D eigenvalue weighted by Crippen LogP contribution is 2.46. The van der Waals surface area contributed by atoms with E-state index in [0.29, 0.717) is 11.5 Å². The summed E-state index contributed by atoms with van der Waals surface area (Å²) in [6.07, 6.45) is 2.25. The van der Waals surface area contributed by atoms with E-state index in [1.807, 2.05) is 39.8 Å². The van der Waals surface area contributed by atoms with Gasteiger partial charge in [0.15, 0.2) is 0 Å². The summed E-state index contributed by atoms with van der Waals surface area (Å²) >= 11 is 0. The first-order valence-electron chi connectivity index (χ1n) is 7.76. The molecule has 1 heterocycles. The minimum atomic E-state index is -0.473. The Morgan fingerprint density at radius 3 is 2.23 bits per heavy atom. The van der Waals surface area contributed by atoms with Gasteiger partial charge in [-0.15, -0.1) is 0 Å². The van der Waals surface area contributed by atoms with Gasteiger partial charge in [0, 0.05) is 5.56 Å². The molecule has 1 saturated carbocycles. The second-order valence-corrected chi connectivity index (χ2v) is 7.16. The van der Waals surface area contributed by atoms with Gasteiger partial charge in [0.05, 0.1) is 29.9 Å². The molecule has 1 aromatic carbocycles. The summed E-state index contributed by atoms with van der Waals surface area (Å²) in [4.78, 5) is 0. The van der Waals surface area contributed by atoms with E-state index < -0.39 is 18.3 Å². The van der Waals surface area contributed by atoms with Gasteiger partial charge in [-0.1, -0.05) is 0 Å². The van der Waals surface area contributed by atoms with Crippen LogP contribution >= 0.6 is 0 Å². The van der Waals surface area contributed by atoms with Gasteiger partial charge in [-0.2, -0.15) is 5.26 Å². The number of hydrogen-bond acceptors (Lipinski definition) is 4. The van der Waals surface area contributed by atoms with Gasteiger partial charge in [-0.3, -0.25) is 0 Å². The van der Waals surface area contributed by atoms with E-state index in [-0.39, 0.29) is 0 Å². The summed E-state index contributed by atoms with van der Waals surface area (Å²) in [7, 11) is 1.18. The van der Waals surface area contributed by atoms with Crippen molar-refractivity contribution >= 4 is 12.6 Å². The van der Waals surface area contributed by atoms with Crippen LogP contribution in [-0.2, 0) is 9.31 Å². The standard InChI is InChI=1S/C17H22BNO3/c1-16(2)17(3,4)22-18(21-16)13-8-12(10-19)15(11-6-7-11)14(9-13)20-5/h8-9,11H,6-7H2,1-5H3. The van der Waals surface area contributed by atoms with E-state index in [2.05, 4.69) is 6.07 Å². The lowest BCUT2D eigenvalue weighted by Crippen LogP contribution is -2.41. The Kier molecular flexibility index (Phi) is 3.50. The molecule has 5 heteroatoms. The largest absolute Gasteiger partial charge is 0.496 e. The lowest BCUT2D eigenvalue weighted by molar-refractivity contribution is 0.00578. The zero-order chi connectivity index (χ0) is 16.1. The molecule has 0 aromatic heterocycles. The molecule has 1 aliphatic heterocycles. The van der Waals surface area contributed by atoms with Crippen molar-refractivity contribution in [1.29, 1.82) is 5.26 Å². The van der Waals surface area contributed by atoms with Crippen LogP contribution in [-0.4, -0.2) is 25.4 Å². The second-order valence-electron chi connectivity index (χ2n) is 7.16. The summed E-state index contributed by atoms with van der Waals surface area (Å²) in [5, 5.41) is 9.50. The van der Waals surface area contributed by atoms with Crippen LogP contribution in [0.4, 0.5) is 0 Å². The molecule has 1 saturated heterocycles. The maximum Gasteiger partial charge on any atom is 0.495 e. The summed E-state index contributed by atoms with van der Waals surface area (Å²) in [6, 6.07) is 6.15. The lowest BCUT2D eigenvalue weighted by Gasteiger charge is -2.32. The molecule has 1 aliphatic carbocycles. The first-order chi connectivity index (χ1) is 10.3. The molecule has 2 fully saturated rings. The third-order valence-corrected chi connectivity index (χ3v) is 5.02. The highest BCUT2D eigenvalue weighted by molar-refractivity contribution is 6.62. The lowest BCUT2D eigenvalue weighted by atomic mass is 9.77. The fraction of sp³-hybridized carbons (Fsp3) is 0.588. The van der Waals surface area contributed by atoms with Crippen LogP contribution in [0.5, 0.6) is 5.75 Å². The topological polar surface area (TPSA) is 51.5 Å². The van der Waals surface area contributed by atoms with Crippen molar-refractivity contribution in [3.8, 4) is 11.8 Å². The maximum absolute atomic E-state index is 9.50.